The first kappa shape index (κ1) is 23.4. The molecule has 2 heterocycles. The van der Waals surface area contributed by atoms with Gasteiger partial charge in [0.15, 0.2) is 11.0 Å². The zero-order valence-electron chi connectivity index (χ0n) is 18.0. The van der Waals surface area contributed by atoms with Crippen LogP contribution in [0.3, 0.4) is 0 Å². The van der Waals surface area contributed by atoms with E-state index in [0.29, 0.717) is 34.0 Å². The van der Waals surface area contributed by atoms with Crippen LogP contribution in [0.15, 0.2) is 82.6 Å². The molecule has 0 saturated carbocycles. The molecule has 0 saturated heterocycles. The van der Waals surface area contributed by atoms with Crippen molar-refractivity contribution in [2.45, 2.75) is 18.3 Å². The quantitative estimate of drug-likeness (QED) is 0.231. The molecule has 0 radical (unpaired) electrons. The number of carbonyl (C=O) groups excluding carboxylic acids is 1. The fourth-order valence-corrected chi connectivity index (χ4v) is 4.09. The molecule has 0 fully saturated rings. The maximum Gasteiger partial charge on any atom is 0.238 e. The molecule has 0 aliphatic rings. The lowest BCUT2D eigenvalue weighted by molar-refractivity contribution is -0.116. The highest BCUT2D eigenvalue weighted by molar-refractivity contribution is 7.99. The van der Waals surface area contributed by atoms with Crippen LogP contribution in [0.25, 0.3) is 0 Å². The number of amides is 1. The number of aromatic nitrogens is 3. The average molecular weight is 494 g/mol. The van der Waals surface area contributed by atoms with E-state index in [9.17, 15) is 10.1 Å². The van der Waals surface area contributed by atoms with Crippen molar-refractivity contribution in [3.05, 3.63) is 89.6 Å². The molecule has 2 aromatic heterocycles. The Morgan fingerprint density at radius 2 is 1.91 bits per heavy atom. The van der Waals surface area contributed by atoms with Crippen molar-refractivity contribution in [3.8, 4) is 11.8 Å². The summed E-state index contributed by atoms with van der Waals surface area (Å²) in [6.07, 6.45) is 1.60. The normalized spacial score (nSPS) is 10.6. The summed E-state index contributed by atoms with van der Waals surface area (Å²) < 4.78 is 13.2. The minimum absolute atomic E-state index is 0.0390. The monoisotopic (exact) mass is 493 g/mol. The van der Waals surface area contributed by atoms with E-state index in [0.717, 1.165) is 5.76 Å². The lowest BCUT2D eigenvalue weighted by atomic mass is 10.3. The number of ether oxygens (including phenoxy) is 1. The predicted octanol–water partition coefficient (Wildman–Crippen LogP) is 4.80. The number of anilines is 1. The molecule has 0 N–H and O–H groups in total. The minimum Gasteiger partial charge on any atom is -0.486 e. The zero-order chi connectivity index (χ0) is 23.8. The van der Waals surface area contributed by atoms with E-state index in [-0.39, 0.29) is 24.8 Å². The van der Waals surface area contributed by atoms with Crippen LogP contribution in [0.5, 0.6) is 5.75 Å². The molecule has 1 amide bonds. The van der Waals surface area contributed by atoms with E-state index >= 15 is 0 Å². The van der Waals surface area contributed by atoms with Gasteiger partial charge in [-0.3, -0.25) is 14.3 Å². The number of nitrogens with zero attached hydrogens (tertiary/aromatic N) is 5. The highest BCUT2D eigenvalue weighted by Crippen LogP contribution is 2.23. The molecule has 10 heteroatoms. The maximum absolute atomic E-state index is 12.9. The first-order chi connectivity index (χ1) is 16.6. The summed E-state index contributed by atoms with van der Waals surface area (Å²) in [5.41, 5.74) is 0.670. The Bertz CT molecular complexity index is 1250. The molecule has 172 valence electrons. The highest BCUT2D eigenvalue weighted by Gasteiger charge is 2.20. The van der Waals surface area contributed by atoms with Crippen molar-refractivity contribution in [1.29, 1.82) is 5.26 Å². The Labute approximate surface area is 205 Å². The molecule has 0 unspecified atom stereocenters. The number of nitriles is 1. The standard InChI is InChI=1S/C24H20ClN5O3S/c25-18-8-10-20(11-9-18)33-16-22-27-28-24(30(22)15-21-7-4-14-32-21)34-17-23(31)29(13-12-26)19-5-2-1-3-6-19/h1-11,14H,13,15-17H2. The number of hydrogen-bond acceptors (Lipinski definition) is 7. The van der Waals surface area contributed by atoms with Crippen molar-refractivity contribution in [3.63, 3.8) is 0 Å². The van der Waals surface area contributed by atoms with E-state index in [4.69, 9.17) is 20.8 Å². The summed E-state index contributed by atoms with van der Waals surface area (Å²) in [7, 11) is 0. The Kier molecular flexibility index (Phi) is 7.86. The molecular formula is C24H20ClN5O3S. The second-order valence-electron chi connectivity index (χ2n) is 7.07. The minimum atomic E-state index is -0.204. The number of rotatable bonds is 10. The van der Waals surface area contributed by atoms with Crippen LogP contribution < -0.4 is 9.64 Å². The van der Waals surface area contributed by atoms with Gasteiger partial charge in [0.1, 0.15) is 24.7 Å². The van der Waals surface area contributed by atoms with E-state index in [1.165, 1.54) is 16.7 Å². The molecule has 34 heavy (non-hydrogen) atoms. The zero-order valence-corrected chi connectivity index (χ0v) is 19.6. The van der Waals surface area contributed by atoms with Crippen LogP contribution in [0.2, 0.25) is 5.02 Å². The van der Waals surface area contributed by atoms with Gasteiger partial charge in [0.25, 0.3) is 0 Å². The van der Waals surface area contributed by atoms with Gasteiger partial charge in [-0.15, -0.1) is 10.2 Å². The van der Waals surface area contributed by atoms with Crippen molar-refractivity contribution in [2.24, 2.45) is 0 Å². The molecule has 4 rings (SSSR count). The van der Waals surface area contributed by atoms with Gasteiger partial charge < -0.3 is 9.15 Å². The van der Waals surface area contributed by atoms with Gasteiger partial charge in [0.05, 0.1) is 24.6 Å². The Balaban J connectivity index is 1.49. The van der Waals surface area contributed by atoms with Gasteiger partial charge in [0.2, 0.25) is 5.91 Å². The van der Waals surface area contributed by atoms with Gasteiger partial charge in [-0.05, 0) is 48.5 Å². The van der Waals surface area contributed by atoms with Crippen LogP contribution in [-0.4, -0.2) is 33.0 Å². The summed E-state index contributed by atoms with van der Waals surface area (Å²) in [6.45, 7) is 0.521. The topological polar surface area (TPSA) is 97.2 Å². The van der Waals surface area contributed by atoms with E-state index < -0.39 is 0 Å². The van der Waals surface area contributed by atoms with Crippen LogP contribution >= 0.6 is 23.4 Å². The van der Waals surface area contributed by atoms with Crippen molar-refractivity contribution in [1.82, 2.24) is 14.8 Å². The smallest absolute Gasteiger partial charge is 0.238 e. The predicted molar refractivity (Wildman–Crippen MR) is 129 cm³/mol. The van der Waals surface area contributed by atoms with Crippen LogP contribution in [0.4, 0.5) is 5.69 Å². The number of furan rings is 1. The third-order valence-electron chi connectivity index (χ3n) is 4.79. The van der Waals surface area contributed by atoms with Crippen molar-refractivity contribution >= 4 is 35.0 Å². The Morgan fingerprint density at radius 3 is 2.62 bits per heavy atom. The first-order valence-electron chi connectivity index (χ1n) is 10.3. The number of hydrogen-bond donors (Lipinski definition) is 0. The third-order valence-corrected chi connectivity index (χ3v) is 6.00. The molecule has 0 aliphatic heterocycles. The molecule has 8 nitrogen and oxygen atoms in total. The molecule has 0 aliphatic carbocycles. The first-order valence-corrected chi connectivity index (χ1v) is 11.7. The summed E-state index contributed by atoms with van der Waals surface area (Å²) in [4.78, 5) is 14.4. The van der Waals surface area contributed by atoms with Gasteiger partial charge >= 0.3 is 0 Å². The second-order valence-corrected chi connectivity index (χ2v) is 8.45. The third kappa shape index (κ3) is 5.98. The Hall–Kier alpha value is -3.74. The van der Waals surface area contributed by atoms with E-state index in [1.807, 2.05) is 28.8 Å². The summed E-state index contributed by atoms with van der Waals surface area (Å²) in [5.74, 6) is 1.83. The molecule has 0 atom stereocenters. The maximum atomic E-state index is 12.9. The van der Waals surface area contributed by atoms with Crippen molar-refractivity contribution in [2.75, 3.05) is 17.2 Å². The fourth-order valence-electron chi connectivity index (χ4n) is 3.13. The van der Waals surface area contributed by atoms with Crippen molar-refractivity contribution < 1.29 is 13.9 Å². The van der Waals surface area contributed by atoms with Crippen LogP contribution in [-0.2, 0) is 17.9 Å². The number of benzene rings is 2. The number of halogens is 1. The summed E-state index contributed by atoms with van der Waals surface area (Å²) in [6, 6.07) is 21.9. The van der Waals surface area contributed by atoms with Crippen LogP contribution in [0.1, 0.15) is 11.6 Å². The van der Waals surface area contributed by atoms with Gasteiger partial charge in [-0.2, -0.15) is 5.26 Å². The second kappa shape index (κ2) is 11.4. The van der Waals surface area contributed by atoms with Gasteiger partial charge in [0, 0.05) is 10.7 Å². The lowest BCUT2D eigenvalue weighted by Crippen LogP contribution is -2.32. The van der Waals surface area contributed by atoms with Gasteiger partial charge in [-0.25, -0.2) is 0 Å². The molecule has 4 aromatic rings. The molecule has 2 aromatic carbocycles. The lowest BCUT2D eigenvalue weighted by Gasteiger charge is -2.19. The summed E-state index contributed by atoms with van der Waals surface area (Å²) in [5, 5.41) is 18.9. The Morgan fingerprint density at radius 1 is 1.12 bits per heavy atom. The van der Waals surface area contributed by atoms with Gasteiger partial charge in [-0.1, -0.05) is 41.6 Å². The van der Waals surface area contributed by atoms with Crippen LogP contribution in [0, 0.1) is 11.3 Å². The van der Waals surface area contributed by atoms with E-state index in [1.54, 1.807) is 48.7 Å². The average Bonchev–Trinajstić information content (AvgIpc) is 3.51. The SMILES string of the molecule is N#CCN(C(=O)CSc1nnc(COc2ccc(Cl)cc2)n1Cc1ccco1)c1ccccc1. The highest BCUT2D eigenvalue weighted by atomic mass is 35.5. The van der Waals surface area contributed by atoms with E-state index in [2.05, 4.69) is 16.3 Å². The number of carbonyl (C=O) groups is 1. The molecule has 0 spiro atoms. The fraction of sp³-hybridized carbons (Fsp3) is 0.167. The molecular weight excluding hydrogens is 474 g/mol. The summed E-state index contributed by atoms with van der Waals surface area (Å²) >= 11 is 7.18. The molecule has 0 bridgehead atoms. The largest absolute Gasteiger partial charge is 0.486 e. The number of thioether (sulfide) groups is 1. The number of para-hydroxylation sites is 1.